The van der Waals surface area contributed by atoms with E-state index >= 15 is 0 Å². The van der Waals surface area contributed by atoms with Crippen molar-refractivity contribution < 1.29 is 14.3 Å². The predicted molar refractivity (Wildman–Crippen MR) is 96.7 cm³/mol. The molecule has 1 aromatic heterocycles. The summed E-state index contributed by atoms with van der Waals surface area (Å²) in [4.78, 5) is 26.4. The monoisotopic (exact) mass is 357 g/mol. The van der Waals surface area contributed by atoms with Crippen molar-refractivity contribution in [2.45, 2.75) is 70.4 Å². The van der Waals surface area contributed by atoms with Gasteiger partial charge in [0.1, 0.15) is 5.54 Å². The largest absolute Gasteiger partial charge is 0.452 e. The van der Waals surface area contributed by atoms with Gasteiger partial charge in [-0.15, -0.1) is 0 Å². The third kappa shape index (κ3) is 3.35. The zero-order valence-corrected chi connectivity index (χ0v) is 15.9. The number of carbonyl (C=O) groups is 2. The SMILES string of the molecule is Cc1cc(C(=O)OCC(=O)N(C)C2(C#N)CCCCC2)c(C)n1C1CC1. The summed E-state index contributed by atoms with van der Waals surface area (Å²) in [5.74, 6) is -0.792. The third-order valence-electron chi connectivity index (χ3n) is 5.85. The Kier molecular flexibility index (Phi) is 5.08. The molecule has 1 heterocycles. The van der Waals surface area contributed by atoms with Crippen molar-refractivity contribution in [3.8, 4) is 6.07 Å². The number of rotatable bonds is 5. The standard InChI is InChI=1S/C20H27N3O3/c1-14-11-17(15(2)23(14)16-7-8-16)19(25)26-12-18(24)22(3)20(13-21)9-5-4-6-10-20/h11,16H,4-10,12H2,1-3H3. The van der Waals surface area contributed by atoms with Crippen LogP contribution in [0.1, 0.15) is 72.7 Å². The molecule has 0 N–H and O–H groups in total. The number of hydrogen-bond acceptors (Lipinski definition) is 4. The van der Waals surface area contributed by atoms with Gasteiger partial charge in [0.15, 0.2) is 6.61 Å². The second-order valence-electron chi connectivity index (χ2n) is 7.62. The molecule has 140 valence electrons. The van der Waals surface area contributed by atoms with Crippen LogP contribution in [-0.4, -0.2) is 40.5 Å². The quantitative estimate of drug-likeness (QED) is 0.758. The highest BCUT2D eigenvalue weighted by molar-refractivity contribution is 5.93. The van der Waals surface area contributed by atoms with E-state index in [9.17, 15) is 14.9 Å². The van der Waals surface area contributed by atoms with Crippen molar-refractivity contribution in [1.29, 1.82) is 5.26 Å². The summed E-state index contributed by atoms with van der Waals surface area (Å²) in [5, 5.41) is 9.59. The fourth-order valence-corrected chi connectivity index (χ4v) is 4.08. The Bertz CT molecular complexity index is 749. The molecule has 26 heavy (non-hydrogen) atoms. The molecule has 2 aliphatic carbocycles. The van der Waals surface area contributed by atoms with Crippen LogP contribution in [0, 0.1) is 25.2 Å². The van der Waals surface area contributed by atoms with Crippen molar-refractivity contribution in [1.82, 2.24) is 9.47 Å². The number of aryl methyl sites for hydroxylation is 1. The maximum atomic E-state index is 12.5. The zero-order valence-electron chi connectivity index (χ0n) is 15.9. The zero-order chi connectivity index (χ0) is 18.9. The summed E-state index contributed by atoms with van der Waals surface area (Å²) in [5.41, 5.74) is 1.71. The maximum Gasteiger partial charge on any atom is 0.340 e. The molecule has 0 aromatic carbocycles. The van der Waals surface area contributed by atoms with E-state index < -0.39 is 11.5 Å². The molecule has 0 bridgehead atoms. The minimum atomic E-state index is -0.760. The van der Waals surface area contributed by atoms with Crippen LogP contribution in [0.3, 0.4) is 0 Å². The van der Waals surface area contributed by atoms with Gasteiger partial charge in [-0.25, -0.2) is 4.79 Å². The van der Waals surface area contributed by atoms with Gasteiger partial charge in [0.2, 0.25) is 0 Å². The third-order valence-corrected chi connectivity index (χ3v) is 5.85. The highest BCUT2D eigenvalue weighted by Gasteiger charge is 2.39. The van der Waals surface area contributed by atoms with Gasteiger partial charge in [0, 0.05) is 24.5 Å². The normalized spacial score (nSPS) is 18.8. The molecule has 2 aliphatic rings. The average Bonchev–Trinajstić information content (AvgIpc) is 3.44. The highest BCUT2D eigenvalue weighted by atomic mass is 16.5. The van der Waals surface area contributed by atoms with Crippen molar-refractivity contribution in [3.63, 3.8) is 0 Å². The van der Waals surface area contributed by atoms with Crippen LogP contribution in [0.5, 0.6) is 0 Å². The predicted octanol–water partition coefficient (Wildman–Crippen LogP) is 3.28. The first kappa shape index (κ1) is 18.5. The van der Waals surface area contributed by atoms with Crippen LogP contribution >= 0.6 is 0 Å². The number of hydrogen-bond donors (Lipinski definition) is 0. The van der Waals surface area contributed by atoms with Gasteiger partial charge < -0.3 is 14.2 Å². The Balaban J connectivity index is 1.63. The summed E-state index contributed by atoms with van der Waals surface area (Å²) in [6, 6.07) is 4.65. The summed E-state index contributed by atoms with van der Waals surface area (Å²) in [7, 11) is 1.64. The first-order valence-corrected chi connectivity index (χ1v) is 9.43. The van der Waals surface area contributed by atoms with Crippen LogP contribution in [-0.2, 0) is 9.53 Å². The summed E-state index contributed by atoms with van der Waals surface area (Å²) < 4.78 is 7.47. The molecule has 6 heteroatoms. The molecule has 1 amide bonds. The van der Waals surface area contributed by atoms with E-state index in [0.29, 0.717) is 24.4 Å². The van der Waals surface area contributed by atoms with E-state index in [-0.39, 0.29) is 12.5 Å². The van der Waals surface area contributed by atoms with Crippen LogP contribution in [0.4, 0.5) is 0 Å². The molecule has 2 fully saturated rings. The topological polar surface area (TPSA) is 75.3 Å². The number of esters is 1. The Morgan fingerprint density at radius 3 is 2.54 bits per heavy atom. The molecule has 1 aromatic rings. The fraction of sp³-hybridized carbons (Fsp3) is 0.650. The molecule has 0 radical (unpaired) electrons. The van der Waals surface area contributed by atoms with Gasteiger partial charge >= 0.3 is 5.97 Å². The lowest BCUT2D eigenvalue weighted by molar-refractivity contribution is -0.138. The lowest BCUT2D eigenvalue weighted by Crippen LogP contribution is -2.51. The number of nitriles is 1. The van der Waals surface area contributed by atoms with Gasteiger partial charge in [-0.05, 0) is 45.6 Å². The number of aromatic nitrogens is 1. The van der Waals surface area contributed by atoms with Crippen LogP contribution < -0.4 is 0 Å². The van der Waals surface area contributed by atoms with Gasteiger partial charge in [0.25, 0.3) is 5.91 Å². The summed E-state index contributed by atoms with van der Waals surface area (Å²) >= 11 is 0. The molecular weight excluding hydrogens is 330 g/mol. The van der Waals surface area contributed by atoms with Gasteiger partial charge in [0.05, 0.1) is 11.6 Å². The van der Waals surface area contributed by atoms with Crippen molar-refractivity contribution in [3.05, 3.63) is 23.0 Å². The second kappa shape index (κ2) is 7.14. The molecule has 2 saturated carbocycles. The Morgan fingerprint density at radius 2 is 1.96 bits per heavy atom. The van der Waals surface area contributed by atoms with E-state index in [1.165, 1.54) is 4.90 Å². The van der Waals surface area contributed by atoms with Crippen molar-refractivity contribution in [2.75, 3.05) is 13.7 Å². The van der Waals surface area contributed by atoms with E-state index in [1.807, 2.05) is 19.9 Å². The number of nitrogens with zero attached hydrogens (tertiary/aromatic N) is 3. The molecule has 0 unspecified atom stereocenters. The first-order chi connectivity index (χ1) is 12.4. The van der Waals surface area contributed by atoms with E-state index in [0.717, 1.165) is 43.5 Å². The van der Waals surface area contributed by atoms with Crippen LogP contribution in [0.25, 0.3) is 0 Å². The Morgan fingerprint density at radius 1 is 1.31 bits per heavy atom. The fourth-order valence-electron chi connectivity index (χ4n) is 4.08. The first-order valence-electron chi connectivity index (χ1n) is 9.43. The van der Waals surface area contributed by atoms with Gasteiger partial charge in [-0.1, -0.05) is 19.3 Å². The molecule has 0 spiro atoms. The molecule has 0 atom stereocenters. The minimum absolute atomic E-state index is 0.321. The minimum Gasteiger partial charge on any atom is -0.452 e. The number of likely N-dealkylation sites (N-methyl/N-ethyl adjacent to an activating group) is 1. The van der Waals surface area contributed by atoms with E-state index in [1.54, 1.807) is 7.05 Å². The molecular formula is C20H27N3O3. The number of amides is 1. The molecule has 3 rings (SSSR count). The van der Waals surface area contributed by atoms with Crippen LogP contribution in [0.2, 0.25) is 0 Å². The number of carbonyl (C=O) groups excluding carboxylic acids is 2. The van der Waals surface area contributed by atoms with Gasteiger partial charge in [-0.2, -0.15) is 5.26 Å². The second-order valence-corrected chi connectivity index (χ2v) is 7.62. The smallest absolute Gasteiger partial charge is 0.340 e. The summed E-state index contributed by atoms with van der Waals surface area (Å²) in [6.07, 6.45) is 6.63. The lowest BCUT2D eigenvalue weighted by atomic mass is 9.81. The van der Waals surface area contributed by atoms with Crippen LogP contribution in [0.15, 0.2) is 6.07 Å². The van der Waals surface area contributed by atoms with Crippen molar-refractivity contribution >= 4 is 11.9 Å². The van der Waals surface area contributed by atoms with E-state index in [4.69, 9.17) is 4.74 Å². The Labute approximate surface area is 154 Å². The number of ether oxygens (including phenoxy) is 1. The molecule has 0 saturated heterocycles. The van der Waals surface area contributed by atoms with Crippen molar-refractivity contribution in [2.24, 2.45) is 0 Å². The van der Waals surface area contributed by atoms with Gasteiger partial charge in [-0.3, -0.25) is 4.79 Å². The lowest BCUT2D eigenvalue weighted by Gasteiger charge is -2.38. The average molecular weight is 357 g/mol. The highest BCUT2D eigenvalue weighted by Crippen LogP contribution is 2.38. The maximum absolute atomic E-state index is 12.5. The molecule has 6 nitrogen and oxygen atoms in total. The Hall–Kier alpha value is -2.29. The molecule has 0 aliphatic heterocycles. The summed E-state index contributed by atoms with van der Waals surface area (Å²) in [6.45, 7) is 3.58. The van der Waals surface area contributed by atoms with E-state index in [2.05, 4.69) is 10.6 Å².